The molecule has 0 radical (unpaired) electrons. The highest BCUT2D eigenvalue weighted by molar-refractivity contribution is 6.31. The molecule has 2 aromatic rings. The lowest BCUT2D eigenvalue weighted by atomic mass is 10.0. The van der Waals surface area contributed by atoms with Crippen LogP contribution in [0.25, 0.3) is 10.9 Å². The number of aromatic amines is 1. The topological polar surface area (TPSA) is 68.4 Å². The summed E-state index contributed by atoms with van der Waals surface area (Å²) >= 11 is 6.00. The van der Waals surface area contributed by atoms with Crippen molar-refractivity contribution in [3.63, 3.8) is 0 Å². The fourth-order valence-electron chi connectivity index (χ4n) is 3.49. The first kappa shape index (κ1) is 17.1. The van der Waals surface area contributed by atoms with Crippen LogP contribution in [-0.4, -0.2) is 46.8 Å². The first-order valence-corrected chi connectivity index (χ1v) is 8.97. The molecule has 5 nitrogen and oxygen atoms in total. The Bertz CT molecular complexity index is 699. The number of piperidine rings is 1. The van der Waals surface area contributed by atoms with Crippen molar-refractivity contribution in [2.24, 2.45) is 0 Å². The van der Waals surface area contributed by atoms with Crippen molar-refractivity contribution in [2.75, 3.05) is 19.7 Å². The summed E-state index contributed by atoms with van der Waals surface area (Å²) in [5.74, 6) is 0. The van der Waals surface area contributed by atoms with E-state index in [2.05, 4.69) is 10.3 Å². The van der Waals surface area contributed by atoms with Gasteiger partial charge in [0.2, 0.25) is 0 Å². The molecule has 24 heavy (non-hydrogen) atoms. The smallest absolute Gasteiger partial charge is 0.317 e. The molecule has 6 heteroatoms. The van der Waals surface area contributed by atoms with Crippen molar-refractivity contribution in [1.29, 1.82) is 0 Å². The van der Waals surface area contributed by atoms with E-state index in [1.165, 1.54) is 5.56 Å². The molecule has 2 heterocycles. The van der Waals surface area contributed by atoms with Crippen LogP contribution in [0.1, 0.15) is 31.2 Å². The number of aliphatic hydroxyl groups is 1. The van der Waals surface area contributed by atoms with Gasteiger partial charge in [0, 0.05) is 47.9 Å². The van der Waals surface area contributed by atoms with Crippen LogP contribution in [-0.2, 0) is 6.42 Å². The van der Waals surface area contributed by atoms with E-state index in [-0.39, 0.29) is 18.7 Å². The number of hydrogen-bond acceptors (Lipinski definition) is 2. The molecule has 1 aliphatic rings. The highest BCUT2D eigenvalue weighted by Crippen LogP contribution is 2.22. The van der Waals surface area contributed by atoms with E-state index >= 15 is 0 Å². The van der Waals surface area contributed by atoms with E-state index < -0.39 is 0 Å². The third-order valence-electron chi connectivity index (χ3n) is 4.75. The van der Waals surface area contributed by atoms with Crippen molar-refractivity contribution in [2.45, 2.75) is 38.1 Å². The minimum atomic E-state index is -0.0176. The number of amides is 2. The van der Waals surface area contributed by atoms with Crippen molar-refractivity contribution in [3.8, 4) is 0 Å². The van der Waals surface area contributed by atoms with Gasteiger partial charge in [0.25, 0.3) is 0 Å². The Hall–Kier alpha value is -1.72. The van der Waals surface area contributed by atoms with E-state index in [4.69, 9.17) is 16.7 Å². The van der Waals surface area contributed by atoms with Gasteiger partial charge in [-0.2, -0.15) is 0 Å². The molecule has 0 spiro atoms. The van der Waals surface area contributed by atoms with Gasteiger partial charge in [0.1, 0.15) is 0 Å². The average Bonchev–Trinajstić information content (AvgIpc) is 2.97. The summed E-state index contributed by atoms with van der Waals surface area (Å²) in [4.78, 5) is 17.5. The van der Waals surface area contributed by atoms with Gasteiger partial charge in [-0.3, -0.25) is 0 Å². The number of fused-ring (bicyclic) bond motifs is 1. The SMILES string of the molecule is O=C(NCCc1c[nH]c2cc(Cl)ccc12)N1CCCCC1CCO. The van der Waals surface area contributed by atoms with Crippen molar-refractivity contribution >= 4 is 28.5 Å². The van der Waals surface area contributed by atoms with E-state index in [0.717, 1.165) is 43.1 Å². The van der Waals surface area contributed by atoms with Gasteiger partial charge in [0.15, 0.2) is 0 Å². The maximum absolute atomic E-state index is 12.4. The number of likely N-dealkylation sites (tertiary alicyclic amines) is 1. The van der Waals surface area contributed by atoms with Gasteiger partial charge in [-0.15, -0.1) is 0 Å². The first-order chi connectivity index (χ1) is 11.7. The number of hydrogen-bond donors (Lipinski definition) is 3. The Balaban J connectivity index is 1.56. The minimum Gasteiger partial charge on any atom is -0.396 e. The maximum Gasteiger partial charge on any atom is 0.317 e. The standard InChI is InChI=1S/C18H24ClN3O2/c19-14-4-5-16-13(12-21-17(16)11-14)6-8-20-18(24)22-9-2-1-3-15(22)7-10-23/h4-5,11-12,15,21,23H,1-3,6-10H2,(H,20,24). The predicted molar refractivity (Wildman–Crippen MR) is 96.5 cm³/mol. The average molecular weight is 350 g/mol. The molecule has 0 aliphatic carbocycles. The van der Waals surface area contributed by atoms with E-state index in [9.17, 15) is 4.79 Å². The van der Waals surface area contributed by atoms with Gasteiger partial charge in [-0.1, -0.05) is 17.7 Å². The number of aromatic nitrogens is 1. The van der Waals surface area contributed by atoms with Crippen LogP contribution in [0.3, 0.4) is 0 Å². The van der Waals surface area contributed by atoms with Crippen LogP contribution < -0.4 is 5.32 Å². The molecule has 130 valence electrons. The van der Waals surface area contributed by atoms with E-state index in [0.29, 0.717) is 18.0 Å². The lowest BCUT2D eigenvalue weighted by molar-refractivity contribution is 0.132. The highest BCUT2D eigenvalue weighted by Gasteiger charge is 2.25. The summed E-state index contributed by atoms with van der Waals surface area (Å²) in [7, 11) is 0. The van der Waals surface area contributed by atoms with E-state index in [1.807, 2.05) is 29.3 Å². The molecular formula is C18H24ClN3O2. The zero-order valence-electron chi connectivity index (χ0n) is 13.7. The molecule has 3 rings (SSSR count). The molecular weight excluding hydrogens is 326 g/mol. The first-order valence-electron chi connectivity index (χ1n) is 8.60. The number of carbonyl (C=O) groups is 1. The number of H-pyrrole nitrogens is 1. The summed E-state index contributed by atoms with van der Waals surface area (Å²) in [5, 5.41) is 14.0. The molecule has 3 N–H and O–H groups in total. The number of carbonyl (C=O) groups excluding carboxylic acids is 1. The normalized spacial score (nSPS) is 18.1. The molecule has 1 aliphatic heterocycles. The molecule has 1 unspecified atom stereocenters. The van der Waals surface area contributed by atoms with Gasteiger partial charge in [0.05, 0.1) is 0 Å². The number of benzene rings is 1. The quantitative estimate of drug-likeness (QED) is 0.775. The van der Waals surface area contributed by atoms with Crippen LogP contribution in [0.15, 0.2) is 24.4 Å². The molecule has 1 saturated heterocycles. The molecule has 0 saturated carbocycles. The summed E-state index contributed by atoms with van der Waals surface area (Å²) in [6.07, 6.45) is 6.56. The molecule has 1 atom stereocenters. The molecule has 2 amide bonds. The second-order valence-corrected chi connectivity index (χ2v) is 6.78. The van der Waals surface area contributed by atoms with Gasteiger partial charge >= 0.3 is 6.03 Å². The van der Waals surface area contributed by atoms with Crippen LogP contribution in [0.2, 0.25) is 5.02 Å². The summed E-state index contributed by atoms with van der Waals surface area (Å²) in [6.45, 7) is 1.51. The van der Waals surface area contributed by atoms with Crippen LogP contribution in [0.5, 0.6) is 0 Å². The summed E-state index contributed by atoms with van der Waals surface area (Å²) in [6, 6.07) is 5.95. The van der Waals surface area contributed by atoms with Gasteiger partial charge < -0.3 is 20.3 Å². The largest absolute Gasteiger partial charge is 0.396 e. The number of urea groups is 1. The number of aliphatic hydroxyl groups excluding tert-OH is 1. The second kappa shape index (κ2) is 7.90. The molecule has 0 bridgehead atoms. The Labute approximate surface area is 147 Å². The number of halogens is 1. The number of nitrogens with zero attached hydrogens (tertiary/aromatic N) is 1. The molecule has 1 aromatic carbocycles. The third-order valence-corrected chi connectivity index (χ3v) is 4.99. The highest BCUT2D eigenvalue weighted by atomic mass is 35.5. The van der Waals surface area contributed by atoms with Crippen LogP contribution >= 0.6 is 11.6 Å². The molecule has 1 fully saturated rings. The van der Waals surface area contributed by atoms with E-state index in [1.54, 1.807) is 0 Å². The van der Waals surface area contributed by atoms with Crippen molar-refractivity contribution in [1.82, 2.24) is 15.2 Å². The number of rotatable bonds is 5. The van der Waals surface area contributed by atoms with Crippen LogP contribution in [0.4, 0.5) is 4.79 Å². The predicted octanol–water partition coefficient (Wildman–Crippen LogP) is 3.31. The lowest BCUT2D eigenvalue weighted by Crippen LogP contribution is -2.49. The van der Waals surface area contributed by atoms with Gasteiger partial charge in [-0.05, 0) is 49.8 Å². The lowest BCUT2D eigenvalue weighted by Gasteiger charge is -2.35. The number of nitrogens with one attached hydrogen (secondary N) is 2. The zero-order valence-corrected chi connectivity index (χ0v) is 14.5. The van der Waals surface area contributed by atoms with Crippen molar-refractivity contribution < 1.29 is 9.90 Å². The van der Waals surface area contributed by atoms with Gasteiger partial charge in [-0.25, -0.2) is 4.79 Å². The Morgan fingerprint density at radius 1 is 1.42 bits per heavy atom. The summed E-state index contributed by atoms with van der Waals surface area (Å²) < 4.78 is 0. The molecule has 1 aromatic heterocycles. The minimum absolute atomic E-state index is 0.0176. The Morgan fingerprint density at radius 2 is 2.29 bits per heavy atom. The zero-order chi connectivity index (χ0) is 16.9. The Kier molecular flexibility index (Phi) is 5.63. The fraction of sp³-hybridized carbons (Fsp3) is 0.500. The second-order valence-electron chi connectivity index (χ2n) is 6.34. The fourth-order valence-corrected chi connectivity index (χ4v) is 3.66. The van der Waals surface area contributed by atoms with Crippen LogP contribution in [0, 0.1) is 0 Å². The third kappa shape index (κ3) is 3.84. The monoisotopic (exact) mass is 349 g/mol. The summed E-state index contributed by atoms with van der Waals surface area (Å²) in [5.41, 5.74) is 2.19. The van der Waals surface area contributed by atoms with Crippen molar-refractivity contribution in [3.05, 3.63) is 35.0 Å². The Morgan fingerprint density at radius 3 is 3.12 bits per heavy atom. The maximum atomic E-state index is 12.4.